The quantitative estimate of drug-likeness (QED) is 0.811. The largest absolute Gasteiger partial charge is 0.315 e. The lowest BCUT2D eigenvalue weighted by Crippen LogP contribution is -2.42. The molecule has 0 amide bonds. The molecular weight excluding hydrogens is 214 g/mol. The molecule has 0 bridgehead atoms. The number of aryl methyl sites for hydroxylation is 1. The summed E-state index contributed by atoms with van der Waals surface area (Å²) in [6.45, 7) is 1.71. The second-order valence-corrected chi connectivity index (χ2v) is 4.27. The minimum Gasteiger partial charge on any atom is -0.315 e. The fourth-order valence-electron chi connectivity index (χ4n) is 1.72. The normalized spacial score (nSPS) is 14.3. The van der Waals surface area contributed by atoms with E-state index in [9.17, 15) is 4.79 Å². The third-order valence-electron chi connectivity index (χ3n) is 2.79. The second-order valence-electron chi connectivity index (χ2n) is 4.27. The summed E-state index contributed by atoms with van der Waals surface area (Å²) in [7, 11) is 1.77. The second kappa shape index (κ2) is 4.14. The smallest absolute Gasteiger partial charge is 0.207 e. The summed E-state index contributed by atoms with van der Waals surface area (Å²) in [6.07, 6.45) is 1.73. The first-order valence-corrected chi connectivity index (χ1v) is 5.40. The molecule has 0 fully saturated rings. The molecule has 1 aromatic heterocycles. The van der Waals surface area contributed by atoms with Crippen molar-refractivity contribution in [2.75, 3.05) is 0 Å². The highest BCUT2D eigenvalue weighted by Crippen LogP contribution is 2.21. The van der Waals surface area contributed by atoms with E-state index in [1.165, 1.54) is 0 Å². The van der Waals surface area contributed by atoms with Crippen LogP contribution in [0.5, 0.6) is 0 Å². The average molecular weight is 229 g/mol. The number of carbonyl (C=O) groups excluding carboxylic acids is 1. The maximum absolute atomic E-state index is 12.3. The van der Waals surface area contributed by atoms with Crippen LogP contribution >= 0.6 is 0 Å². The third-order valence-corrected chi connectivity index (χ3v) is 2.79. The number of rotatable bonds is 3. The molecule has 2 aromatic rings. The van der Waals surface area contributed by atoms with Gasteiger partial charge in [0.1, 0.15) is 11.2 Å². The Kier molecular flexibility index (Phi) is 2.81. The van der Waals surface area contributed by atoms with Crippen LogP contribution in [0.2, 0.25) is 0 Å². The number of nitrogens with zero attached hydrogens (tertiary/aromatic N) is 2. The van der Waals surface area contributed by atoms with Gasteiger partial charge in [0.05, 0.1) is 0 Å². The van der Waals surface area contributed by atoms with Crippen molar-refractivity contribution in [3.63, 3.8) is 0 Å². The lowest BCUT2D eigenvalue weighted by Gasteiger charge is -2.22. The summed E-state index contributed by atoms with van der Waals surface area (Å²) < 4.78 is 1.59. The molecular formula is C13H15N3O. The number of hydrogen-bond donors (Lipinski definition) is 1. The Morgan fingerprint density at radius 2 is 1.94 bits per heavy atom. The Bertz CT molecular complexity index is 529. The molecule has 1 aromatic carbocycles. The van der Waals surface area contributed by atoms with E-state index in [0.717, 1.165) is 5.56 Å². The Balaban J connectivity index is 2.36. The molecule has 0 saturated heterocycles. The number of Topliss-reactive ketones (excluding diaryl/α,β-unsaturated/α-hetero) is 1. The van der Waals surface area contributed by atoms with Crippen molar-refractivity contribution in [2.45, 2.75) is 12.5 Å². The van der Waals surface area contributed by atoms with Crippen LogP contribution in [-0.4, -0.2) is 15.6 Å². The van der Waals surface area contributed by atoms with Gasteiger partial charge < -0.3 is 5.73 Å². The van der Waals surface area contributed by atoms with Crippen molar-refractivity contribution in [1.82, 2.24) is 9.78 Å². The van der Waals surface area contributed by atoms with Crippen LogP contribution < -0.4 is 5.73 Å². The molecule has 2 N–H and O–H groups in total. The number of benzene rings is 1. The maximum atomic E-state index is 12.3. The maximum Gasteiger partial charge on any atom is 0.207 e. The highest BCUT2D eigenvalue weighted by atomic mass is 16.1. The molecule has 0 radical (unpaired) electrons. The molecule has 1 unspecified atom stereocenters. The topological polar surface area (TPSA) is 60.9 Å². The molecule has 88 valence electrons. The van der Waals surface area contributed by atoms with E-state index in [1.54, 1.807) is 30.9 Å². The minimum atomic E-state index is -1.05. The van der Waals surface area contributed by atoms with Gasteiger partial charge in [-0.3, -0.25) is 9.48 Å². The zero-order valence-electron chi connectivity index (χ0n) is 9.92. The van der Waals surface area contributed by atoms with Gasteiger partial charge in [-0.15, -0.1) is 0 Å². The van der Waals surface area contributed by atoms with Crippen molar-refractivity contribution >= 4 is 5.78 Å². The summed E-state index contributed by atoms with van der Waals surface area (Å²) in [4.78, 5) is 12.3. The minimum absolute atomic E-state index is 0.177. The van der Waals surface area contributed by atoms with Crippen LogP contribution in [0, 0.1) is 0 Å². The van der Waals surface area contributed by atoms with Crippen molar-refractivity contribution in [2.24, 2.45) is 12.8 Å². The van der Waals surface area contributed by atoms with E-state index < -0.39 is 5.54 Å². The summed E-state index contributed by atoms with van der Waals surface area (Å²) in [6, 6.07) is 11.0. The molecule has 0 aliphatic heterocycles. The predicted octanol–water partition coefficient (Wildman–Crippen LogP) is 1.48. The summed E-state index contributed by atoms with van der Waals surface area (Å²) >= 11 is 0. The van der Waals surface area contributed by atoms with E-state index >= 15 is 0 Å². The van der Waals surface area contributed by atoms with Crippen LogP contribution in [0.1, 0.15) is 23.0 Å². The van der Waals surface area contributed by atoms with Crippen LogP contribution in [0.4, 0.5) is 0 Å². The molecule has 2 rings (SSSR count). The first-order chi connectivity index (χ1) is 8.01. The molecule has 0 aliphatic rings. The Hall–Kier alpha value is -1.94. The van der Waals surface area contributed by atoms with E-state index in [4.69, 9.17) is 5.73 Å². The molecule has 4 heteroatoms. The van der Waals surface area contributed by atoms with Gasteiger partial charge >= 0.3 is 0 Å². The highest BCUT2D eigenvalue weighted by molar-refractivity contribution is 6.01. The van der Waals surface area contributed by atoms with Crippen LogP contribution in [0.3, 0.4) is 0 Å². The summed E-state index contributed by atoms with van der Waals surface area (Å²) in [5.41, 5.74) is 6.26. The molecule has 0 saturated carbocycles. The van der Waals surface area contributed by atoms with Crippen LogP contribution in [0.15, 0.2) is 42.6 Å². The third kappa shape index (κ3) is 2.12. The molecule has 1 atom stereocenters. The molecule has 1 heterocycles. The standard InChI is InChI=1S/C13H15N3O/c1-13(14,10-6-4-3-5-7-10)12(17)11-8-9-16(2)15-11/h3-9H,14H2,1-2H3. The SMILES string of the molecule is Cn1ccc(C(=O)C(C)(N)c2ccccc2)n1. The predicted molar refractivity (Wildman–Crippen MR) is 65.5 cm³/mol. The average Bonchev–Trinajstić information content (AvgIpc) is 2.76. The van der Waals surface area contributed by atoms with Crippen molar-refractivity contribution < 1.29 is 4.79 Å². The van der Waals surface area contributed by atoms with Crippen molar-refractivity contribution in [1.29, 1.82) is 0 Å². The summed E-state index contributed by atoms with van der Waals surface area (Å²) in [5, 5.41) is 4.09. The fraction of sp³-hybridized carbons (Fsp3) is 0.231. The van der Waals surface area contributed by atoms with E-state index in [-0.39, 0.29) is 5.78 Å². The number of carbonyl (C=O) groups is 1. The number of nitrogens with two attached hydrogens (primary N) is 1. The number of aromatic nitrogens is 2. The van der Waals surface area contributed by atoms with Crippen molar-refractivity contribution in [3.05, 3.63) is 53.9 Å². The lowest BCUT2D eigenvalue weighted by atomic mass is 9.87. The van der Waals surface area contributed by atoms with Gasteiger partial charge in [-0.2, -0.15) is 5.10 Å². The molecule has 0 aliphatic carbocycles. The Morgan fingerprint density at radius 3 is 2.47 bits per heavy atom. The van der Waals surface area contributed by atoms with Crippen molar-refractivity contribution in [3.8, 4) is 0 Å². The Morgan fingerprint density at radius 1 is 1.29 bits per heavy atom. The summed E-state index contributed by atoms with van der Waals surface area (Å²) in [5.74, 6) is -0.177. The monoisotopic (exact) mass is 229 g/mol. The zero-order chi connectivity index (χ0) is 12.5. The number of ketones is 1. The van der Waals surface area contributed by atoms with Gasteiger partial charge in [-0.05, 0) is 18.6 Å². The lowest BCUT2D eigenvalue weighted by molar-refractivity contribution is 0.0894. The highest BCUT2D eigenvalue weighted by Gasteiger charge is 2.32. The van der Waals surface area contributed by atoms with Crippen LogP contribution in [0.25, 0.3) is 0 Å². The van der Waals surface area contributed by atoms with Gasteiger partial charge in [-0.1, -0.05) is 30.3 Å². The number of hydrogen-bond acceptors (Lipinski definition) is 3. The van der Waals surface area contributed by atoms with E-state index in [0.29, 0.717) is 5.69 Å². The molecule has 4 nitrogen and oxygen atoms in total. The first kappa shape index (κ1) is 11.5. The fourth-order valence-corrected chi connectivity index (χ4v) is 1.72. The van der Waals surface area contributed by atoms with E-state index in [1.807, 2.05) is 30.3 Å². The van der Waals surface area contributed by atoms with E-state index in [2.05, 4.69) is 5.10 Å². The Labute approximate surface area is 100 Å². The van der Waals surface area contributed by atoms with Gasteiger partial charge in [0.15, 0.2) is 0 Å². The van der Waals surface area contributed by atoms with Gasteiger partial charge in [-0.25, -0.2) is 0 Å². The van der Waals surface area contributed by atoms with Gasteiger partial charge in [0, 0.05) is 13.2 Å². The van der Waals surface area contributed by atoms with Crippen LogP contribution in [-0.2, 0) is 12.6 Å². The first-order valence-electron chi connectivity index (χ1n) is 5.40. The van der Waals surface area contributed by atoms with Gasteiger partial charge in [0.25, 0.3) is 0 Å². The molecule has 0 spiro atoms. The van der Waals surface area contributed by atoms with Gasteiger partial charge in [0.2, 0.25) is 5.78 Å². The molecule has 17 heavy (non-hydrogen) atoms. The zero-order valence-corrected chi connectivity index (χ0v) is 9.92.